The third kappa shape index (κ3) is 2.78. The second-order valence-corrected chi connectivity index (χ2v) is 6.76. The molecule has 0 aromatic heterocycles. The van der Waals surface area contributed by atoms with Gasteiger partial charge in [-0.3, -0.25) is 4.79 Å². The van der Waals surface area contributed by atoms with Gasteiger partial charge in [-0.05, 0) is 25.1 Å². The largest absolute Gasteiger partial charge is 0.378 e. The molecule has 1 aromatic rings. The lowest BCUT2D eigenvalue weighted by Gasteiger charge is -2.57. The first-order chi connectivity index (χ1) is 9.72. The molecule has 0 bridgehead atoms. The quantitative estimate of drug-likeness (QED) is 0.888. The number of hydrogen-bond acceptors (Lipinski definition) is 3. The van der Waals surface area contributed by atoms with E-state index in [2.05, 4.69) is 5.32 Å². The fourth-order valence-corrected chi connectivity index (χ4v) is 3.10. The Labute approximate surface area is 134 Å². The maximum atomic E-state index is 12.5. The van der Waals surface area contributed by atoms with E-state index in [4.69, 9.17) is 33.7 Å². The van der Waals surface area contributed by atoms with Gasteiger partial charge in [-0.25, -0.2) is 0 Å². The highest BCUT2D eigenvalue weighted by molar-refractivity contribution is 6.36. The summed E-state index contributed by atoms with van der Waals surface area (Å²) in [7, 11) is 0. The molecule has 1 fully saturated rings. The van der Waals surface area contributed by atoms with Crippen LogP contribution >= 0.6 is 23.2 Å². The number of nitrogens with one attached hydrogen (secondary N) is 1. The van der Waals surface area contributed by atoms with Crippen molar-refractivity contribution in [2.45, 2.75) is 38.8 Å². The van der Waals surface area contributed by atoms with Crippen molar-refractivity contribution in [3.8, 4) is 0 Å². The van der Waals surface area contributed by atoms with E-state index in [1.807, 2.05) is 20.8 Å². The highest BCUT2D eigenvalue weighted by atomic mass is 35.5. The summed E-state index contributed by atoms with van der Waals surface area (Å²) >= 11 is 11.9. The van der Waals surface area contributed by atoms with Crippen molar-refractivity contribution in [1.29, 1.82) is 0 Å². The number of ether oxygens (including phenoxy) is 1. The van der Waals surface area contributed by atoms with E-state index in [1.165, 1.54) is 0 Å². The number of benzene rings is 1. The molecule has 2 unspecified atom stereocenters. The van der Waals surface area contributed by atoms with Crippen LogP contribution in [-0.4, -0.2) is 24.2 Å². The molecule has 1 aliphatic carbocycles. The number of carbonyl (C=O) groups is 1. The van der Waals surface area contributed by atoms with E-state index >= 15 is 0 Å². The Hall–Kier alpha value is -0.810. The Morgan fingerprint density at radius 1 is 1.48 bits per heavy atom. The lowest BCUT2D eigenvalue weighted by molar-refractivity contribution is -0.166. The van der Waals surface area contributed by atoms with Gasteiger partial charge in [-0.15, -0.1) is 0 Å². The van der Waals surface area contributed by atoms with Crippen LogP contribution in [-0.2, 0) is 9.53 Å². The molecular formula is C15H20Cl2N2O2. The normalized spacial score (nSPS) is 27.0. The Morgan fingerprint density at radius 3 is 2.67 bits per heavy atom. The minimum Gasteiger partial charge on any atom is -0.378 e. The van der Waals surface area contributed by atoms with Crippen LogP contribution in [0.25, 0.3) is 0 Å². The molecule has 0 spiro atoms. The molecule has 1 aliphatic rings. The van der Waals surface area contributed by atoms with Gasteiger partial charge >= 0.3 is 0 Å². The number of carbonyl (C=O) groups excluding carboxylic acids is 1. The van der Waals surface area contributed by atoms with Crippen LogP contribution in [0.3, 0.4) is 0 Å². The molecule has 2 atom stereocenters. The number of anilines is 1. The molecule has 21 heavy (non-hydrogen) atoms. The van der Waals surface area contributed by atoms with Crippen molar-refractivity contribution < 1.29 is 9.53 Å². The average Bonchev–Trinajstić information content (AvgIpc) is 2.41. The van der Waals surface area contributed by atoms with Gasteiger partial charge in [0.05, 0.1) is 16.8 Å². The standard InChI is InChI=1S/C15H20Cl2N2O2/c1-4-21-12-8-15(18,14(12,2)3)13(20)19-11-6-5-9(16)7-10(11)17/h5-7,12H,4,8,18H2,1-3H3,(H,19,20). The van der Waals surface area contributed by atoms with Crippen LogP contribution in [0.4, 0.5) is 5.69 Å². The summed E-state index contributed by atoms with van der Waals surface area (Å²) in [5, 5.41) is 3.69. The number of halogens is 2. The Morgan fingerprint density at radius 2 is 2.14 bits per heavy atom. The zero-order chi connectivity index (χ0) is 15.8. The maximum Gasteiger partial charge on any atom is 0.245 e. The molecule has 1 aromatic carbocycles. The van der Waals surface area contributed by atoms with Gasteiger partial charge in [0.25, 0.3) is 0 Å². The Bertz CT molecular complexity index is 563. The number of rotatable bonds is 4. The summed E-state index contributed by atoms with van der Waals surface area (Å²) in [4.78, 5) is 12.5. The monoisotopic (exact) mass is 330 g/mol. The second kappa shape index (κ2) is 5.76. The number of hydrogen-bond donors (Lipinski definition) is 2. The molecule has 2 rings (SSSR count). The van der Waals surface area contributed by atoms with Crippen molar-refractivity contribution >= 4 is 34.8 Å². The van der Waals surface area contributed by atoms with Crippen molar-refractivity contribution in [2.24, 2.45) is 11.1 Å². The topological polar surface area (TPSA) is 64.3 Å². The fourth-order valence-electron chi connectivity index (χ4n) is 2.65. The zero-order valence-electron chi connectivity index (χ0n) is 12.4. The van der Waals surface area contributed by atoms with E-state index in [-0.39, 0.29) is 12.0 Å². The number of nitrogens with two attached hydrogens (primary N) is 1. The summed E-state index contributed by atoms with van der Waals surface area (Å²) in [5.41, 5.74) is 5.40. The maximum absolute atomic E-state index is 12.5. The predicted octanol–water partition coefficient (Wildman–Crippen LogP) is 3.46. The first kappa shape index (κ1) is 16.6. The molecule has 0 aliphatic heterocycles. The molecule has 6 heteroatoms. The lowest BCUT2D eigenvalue weighted by Crippen LogP contribution is -2.74. The molecule has 0 radical (unpaired) electrons. The van der Waals surface area contributed by atoms with Crippen LogP contribution < -0.4 is 11.1 Å². The summed E-state index contributed by atoms with van der Waals surface area (Å²) < 4.78 is 5.62. The summed E-state index contributed by atoms with van der Waals surface area (Å²) in [6.07, 6.45) is 0.476. The van der Waals surface area contributed by atoms with Crippen LogP contribution in [0.1, 0.15) is 27.2 Å². The SMILES string of the molecule is CCOC1CC(N)(C(=O)Nc2ccc(Cl)cc2Cl)C1(C)C. The summed E-state index contributed by atoms with van der Waals surface area (Å²) in [5.74, 6) is -0.257. The van der Waals surface area contributed by atoms with Gasteiger partial charge in [0.15, 0.2) is 0 Å². The third-order valence-corrected chi connectivity index (χ3v) is 4.96. The minimum absolute atomic E-state index is 0.0149. The zero-order valence-corrected chi connectivity index (χ0v) is 13.9. The predicted molar refractivity (Wildman–Crippen MR) is 85.8 cm³/mol. The molecule has 116 valence electrons. The molecule has 3 N–H and O–H groups in total. The van der Waals surface area contributed by atoms with Crippen LogP contribution in [0.5, 0.6) is 0 Å². The van der Waals surface area contributed by atoms with Crippen molar-refractivity contribution in [3.05, 3.63) is 28.2 Å². The van der Waals surface area contributed by atoms with E-state index in [0.29, 0.717) is 28.8 Å². The molecule has 0 heterocycles. The lowest BCUT2D eigenvalue weighted by atomic mass is 9.54. The highest BCUT2D eigenvalue weighted by Crippen LogP contribution is 2.50. The van der Waals surface area contributed by atoms with E-state index < -0.39 is 11.0 Å². The molecule has 4 nitrogen and oxygen atoms in total. The van der Waals surface area contributed by atoms with E-state index in [1.54, 1.807) is 18.2 Å². The van der Waals surface area contributed by atoms with Crippen LogP contribution in [0, 0.1) is 5.41 Å². The molecule has 1 saturated carbocycles. The Balaban J connectivity index is 2.14. The summed E-state index contributed by atoms with van der Waals surface area (Å²) in [6.45, 7) is 6.43. The minimum atomic E-state index is -0.976. The van der Waals surface area contributed by atoms with E-state index in [9.17, 15) is 4.79 Å². The van der Waals surface area contributed by atoms with Gasteiger partial charge in [0, 0.05) is 23.5 Å². The van der Waals surface area contributed by atoms with Gasteiger partial charge in [-0.1, -0.05) is 37.0 Å². The first-order valence-electron chi connectivity index (χ1n) is 6.89. The van der Waals surface area contributed by atoms with Crippen molar-refractivity contribution in [2.75, 3.05) is 11.9 Å². The van der Waals surface area contributed by atoms with Crippen LogP contribution in [0.15, 0.2) is 18.2 Å². The van der Waals surface area contributed by atoms with Crippen molar-refractivity contribution in [1.82, 2.24) is 0 Å². The van der Waals surface area contributed by atoms with Gasteiger partial charge in [0.1, 0.15) is 5.54 Å². The van der Waals surface area contributed by atoms with E-state index in [0.717, 1.165) is 0 Å². The molecule has 0 saturated heterocycles. The van der Waals surface area contributed by atoms with Gasteiger partial charge < -0.3 is 15.8 Å². The van der Waals surface area contributed by atoms with Crippen molar-refractivity contribution in [3.63, 3.8) is 0 Å². The van der Waals surface area contributed by atoms with Gasteiger partial charge in [-0.2, -0.15) is 0 Å². The highest BCUT2D eigenvalue weighted by Gasteiger charge is 2.62. The fraction of sp³-hybridized carbons (Fsp3) is 0.533. The molecular weight excluding hydrogens is 311 g/mol. The average molecular weight is 331 g/mol. The smallest absolute Gasteiger partial charge is 0.245 e. The van der Waals surface area contributed by atoms with Gasteiger partial charge in [0.2, 0.25) is 5.91 Å². The number of amides is 1. The molecule has 1 amide bonds. The Kier molecular flexibility index (Phi) is 4.54. The van der Waals surface area contributed by atoms with Crippen LogP contribution in [0.2, 0.25) is 10.0 Å². The summed E-state index contributed by atoms with van der Waals surface area (Å²) in [6, 6.07) is 4.91. The first-order valence-corrected chi connectivity index (χ1v) is 7.65. The second-order valence-electron chi connectivity index (χ2n) is 5.92. The third-order valence-electron chi connectivity index (χ3n) is 4.41.